The van der Waals surface area contributed by atoms with Crippen molar-refractivity contribution in [1.82, 2.24) is 5.32 Å². The predicted octanol–water partition coefficient (Wildman–Crippen LogP) is 1.85. The van der Waals surface area contributed by atoms with Crippen LogP contribution in [0.1, 0.15) is 13.3 Å². The van der Waals surface area contributed by atoms with Gasteiger partial charge < -0.3 is 5.32 Å². The molecule has 0 aliphatic carbocycles. The lowest BCUT2D eigenvalue weighted by Crippen LogP contribution is -2.22. The number of rotatable bonds is 7. The maximum Gasteiger partial charge on any atom is 0.232 e. The first-order chi connectivity index (χ1) is 8.85. The fourth-order valence-electron chi connectivity index (χ4n) is 1.41. The lowest BCUT2D eigenvalue weighted by molar-refractivity contribution is 0.547. The lowest BCUT2D eigenvalue weighted by atomic mass is 10.3. The maximum absolute atomic E-state index is 13.3. The first-order valence-corrected chi connectivity index (χ1v) is 7.36. The van der Waals surface area contributed by atoms with E-state index in [9.17, 15) is 21.6 Å². The summed E-state index contributed by atoms with van der Waals surface area (Å²) < 4.78 is 64.2. The zero-order valence-electron chi connectivity index (χ0n) is 10.3. The molecule has 1 rings (SSSR count). The first kappa shape index (κ1) is 15.8. The van der Waals surface area contributed by atoms with Gasteiger partial charge in [0.15, 0.2) is 11.6 Å². The van der Waals surface area contributed by atoms with E-state index in [-0.39, 0.29) is 5.75 Å². The highest BCUT2D eigenvalue weighted by Crippen LogP contribution is 2.21. The number of hydrogen-bond donors (Lipinski definition) is 2. The summed E-state index contributed by atoms with van der Waals surface area (Å²) in [5.74, 6) is -3.96. The third kappa shape index (κ3) is 5.07. The summed E-state index contributed by atoms with van der Waals surface area (Å²) in [5.41, 5.74) is -0.857. The molecule has 0 saturated heterocycles. The molecule has 1 aromatic rings. The fraction of sp³-hybridized carbons (Fsp3) is 0.455. The Morgan fingerprint density at radius 3 is 2.26 bits per heavy atom. The van der Waals surface area contributed by atoms with Gasteiger partial charge in [0.05, 0.1) is 5.75 Å². The van der Waals surface area contributed by atoms with Gasteiger partial charge in [0.1, 0.15) is 11.5 Å². The molecule has 0 bridgehead atoms. The molecule has 0 aliphatic rings. The topological polar surface area (TPSA) is 58.2 Å². The van der Waals surface area contributed by atoms with Gasteiger partial charge in [-0.15, -0.1) is 0 Å². The van der Waals surface area contributed by atoms with E-state index in [0.717, 1.165) is 0 Å². The third-order valence-electron chi connectivity index (χ3n) is 2.28. The van der Waals surface area contributed by atoms with Crippen LogP contribution in [0.3, 0.4) is 0 Å². The Hall–Kier alpha value is -1.28. The summed E-state index contributed by atoms with van der Waals surface area (Å²) in [5, 5.41) is 2.92. The molecule has 19 heavy (non-hydrogen) atoms. The van der Waals surface area contributed by atoms with Crippen molar-refractivity contribution in [3.63, 3.8) is 0 Å². The van der Waals surface area contributed by atoms with Crippen molar-refractivity contribution in [2.75, 3.05) is 23.6 Å². The summed E-state index contributed by atoms with van der Waals surface area (Å²) in [4.78, 5) is 0. The van der Waals surface area contributed by atoms with Crippen LogP contribution in [0.4, 0.5) is 18.9 Å². The minimum absolute atomic E-state index is 0.281. The predicted molar refractivity (Wildman–Crippen MR) is 66.9 cm³/mol. The van der Waals surface area contributed by atoms with Crippen LogP contribution in [0, 0.1) is 17.5 Å². The minimum atomic E-state index is -3.87. The number of nitrogens with one attached hydrogen (secondary N) is 2. The maximum atomic E-state index is 13.3. The zero-order valence-corrected chi connectivity index (χ0v) is 11.2. The number of hydrogen-bond acceptors (Lipinski definition) is 3. The van der Waals surface area contributed by atoms with Crippen LogP contribution in [0.2, 0.25) is 0 Å². The van der Waals surface area contributed by atoms with Crippen LogP contribution in [-0.2, 0) is 10.0 Å². The lowest BCUT2D eigenvalue weighted by Gasteiger charge is -2.10. The summed E-state index contributed by atoms with van der Waals surface area (Å²) in [6.45, 7) is 3.05. The van der Waals surface area contributed by atoms with Crippen LogP contribution in [0.15, 0.2) is 12.1 Å². The van der Waals surface area contributed by atoms with E-state index in [4.69, 9.17) is 0 Å². The Bertz CT molecular complexity index is 512. The summed E-state index contributed by atoms with van der Waals surface area (Å²) >= 11 is 0. The van der Waals surface area contributed by atoms with E-state index < -0.39 is 33.2 Å². The van der Waals surface area contributed by atoms with Crippen molar-refractivity contribution < 1.29 is 21.6 Å². The minimum Gasteiger partial charge on any atom is -0.317 e. The molecule has 0 fully saturated rings. The summed E-state index contributed by atoms with van der Waals surface area (Å²) in [6.07, 6.45) is 0.299. The number of sulfonamides is 1. The second-order valence-corrected chi connectivity index (χ2v) is 5.71. The molecule has 0 aromatic heterocycles. The van der Waals surface area contributed by atoms with Gasteiger partial charge in [0, 0.05) is 12.1 Å². The quantitative estimate of drug-likeness (QED) is 0.755. The van der Waals surface area contributed by atoms with Gasteiger partial charge in [-0.05, 0) is 19.5 Å². The SMILES string of the molecule is CCNCCCS(=O)(=O)Nc1c(F)cc(F)cc1F. The Morgan fingerprint density at radius 2 is 1.74 bits per heavy atom. The van der Waals surface area contributed by atoms with Gasteiger partial charge in [-0.2, -0.15) is 0 Å². The molecular formula is C11H15F3N2O2S. The van der Waals surface area contributed by atoms with Crippen molar-refractivity contribution in [3.05, 3.63) is 29.6 Å². The molecular weight excluding hydrogens is 281 g/mol. The van der Waals surface area contributed by atoms with Crippen molar-refractivity contribution >= 4 is 15.7 Å². The Kier molecular flexibility index (Phi) is 5.61. The molecule has 0 heterocycles. The van der Waals surface area contributed by atoms with E-state index in [1.165, 1.54) is 0 Å². The zero-order chi connectivity index (χ0) is 14.5. The van der Waals surface area contributed by atoms with Crippen LogP contribution < -0.4 is 10.0 Å². The highest BCUT2D eigenvalue weighted by molar-refractivity contribution is 7.92. The molecule has 0 atom stereocenters. The molecule has 0 aliphatic heterocycles. The molecule has 108 valence electrons. The second-order valence-electron chi connectivity index (χ2n) is 3.87. The molecule has 1 aromatic carbocycles. The molecule has 0 radical (unpaired) electrons. The molecule has 4 nitrogen and oxygen atoms in total. The van der Waals surface area contributed by atoms with E-state index in [2.05, 4.69) is 5.32 Å². The van der Waals surface area contributed by atoms with Gasteiger partial charge in [0.2, 0.25) is 10.0 Å². The van der Waals surface area contributed by atoms with Crippen LogP contribution in [-0.4, -0.2) is 27.3 Å². The Morgan fingerprint density at radius 1 is 1.16 bits per heavy atom. The van der Waals surface area contributed by atoms with E-state index in [1.54, 1.807) is 4.72 Å². The van der Waals surface area contributed by atoms with Crippen molar-refractivity contribution in [2.45, 2.75) is 13.3 Å². The smallest absolute Gasteiger partial charge is 0.232 e. The monoisotopic (exact) mass is 296 g/mol. The van der Waals surface area contributed by atoms with Gasteiger partial charge in [0.25, 0.3) is 0 Å². The number of benzene rings is 1. The molecule has 2 N–H and O–H groups in total. The first-order valence-electron chi connectivity index (χ1n) is 5.71. The van der Waals surface area contributed by atoms with Crippen molar-refractivity contribution in [1.29, 1.82) is 0 Å². The van der Waals surface area contributed by atoms with E-state index in [0.29, 0.717) is 31.6 Å². The van der Waals surface area contributed by atoms with E-state index >= 15 is 0 Å². The van der Waals surface area contributed by atoms with Gasteiger partial charge in [-0.25, -0.2) is 21.6 Å². The highest BCUT2D eigenvalue weighted by Gasteiger charge is 2.17. The Balaban J connectivity index is 2.73. The van der Waals surface area contributed by atoms with Crippen LogP contribution in [0.25, 0.3) is 0 Å². The van der Waals surface area contributed by atoms with Crippen molar-refractivity contribution in [3.8, 4) is 0 Å². The summed E-state index contributed by atoms with van der Waals surface area (Å²) in [7, 11) is -3.87. The van der Waals surface area contributed by atoms with Crippen molar-refractivity contribution in [2.24, 2.45) is 0 Å². The second kappa shape index (κ2) is 6.76. The Labute approximate surface area is 110 Å². The average molecular weight is 296 g/mol. The summed E-state index contributed by atoms with van der Waals surface area (Å²) in [6, 6.07) is 0.832. The standard InChI is InChI=1S/C11H15F3N2O2S/c1-2-15-4-3-5-19(17,18)16-11-9(13)6-8(12)7-10(11)14/h6-7,15-16H,2-5H2,1H3. The normalized spacial score (nSPS) is 11.6. The number of anilines is 1. The van der Waals surface area contributed by atoms with Gasteiger partial charge in [-0.1, -0.05) is 6.92 Å². The average Bonchev–Trinajstić information content (AvgIpc) is 2.29. The van der Waals surface area contributed by atoms with Gasteiger partial charge in [-0.3, -0.25) is 4.72 Å². The number of halogens is 3. The molecule has 0 spiro atoms. The largest absolute Gasteiger partial charge is 0.317 e. The van der Waals surface area contributed by atoms with Gasteiger partial charge >= 0.3 is 0 Å². The fourth-order valence-corrected chi connectivity index (χ4v) is 2.54. The molecule has 0 saturated carbocycles. The van der Waals surface area contributed by atoms with Crippen LogP contribution in [0.5, 0.6) is 0 Å². The molecule has 0 amide bonds. The molecule has 8 heteroatoms. The highest BCUT2D eigenvalue weighted by atomic mass is 32.2. The third-order valence-corrected chi connectivity index (χ3v) is 3.62. The van der Waals surface area contributed by atoms with Crippen LogP contribution >= 0.6 is 0 Å². The molecule has 0 unspecified atom stereocenters. The van der Waals surface area contributed by atoms with E-state index in [1.807, 2.05) is 6.92 Å².